The number of amidine groups is 1. The van der Waals surface area contributed by atoms with E-state index in [9.17, 15) is 0 Å². The molecule has 0 atom stereocenters. The normalized spacial score (nSPS) is 17.4. The lowest BCUT2D eigenvalue weighted by molar-refractivity contribution is 0.288. The Morgan fingerprint density at radius 3 is 2.84 bits per heavy atom. The molecule has 1 saturated heterocycles. The number of thioether (sulfide) groups is 1. The fourth-order valence-corrected chi connectivity index (χ4v) is 3.10. The lowest BCUT2D eigenvalue weighted by atomic mass is 10.1. The Bertz CT molecular complexity index is 459. The molecule has 0 spiro atoms. The molecule has 0 unspecified atom stereocenters. The Morgan fingerprint density at radius 2 is 2.21 bits per heavy atom. The summed E-state index contributed by atoms with van der Waals surface area (Å²) < 4.78 is 5.38. The van der Waals surface area contributed by atoms with Crippen molar-refractivity contribution < 1.29 is 9.94 Å². The Balaban J connectivity index is 2.20. The van der Waals surface area contributed by atoms with Crippen molar-refractivity contribution >= 4 is 17.6 Å². The molecule has 1 aromatic carbocycles. The Hall–Kier alpha value is -1.40. The molecule has 0 saturated carbocycles. The van der Waals surface area contributed by atoms with Crippen LogP contribution in [-0.2, 0) is 6.54 Å². The maximum atomic E-state index is 8.75. The van der Waals surface area contributed by atoms with E-state index in [1.807, 2.05) is 23.9 Å². The van der Waals surface area contributed by atoms with Gasteiger partial charge in [-0.25, -0.2) is 0 Å². The van der Waals surface area contributed by atoms with E-state index in [0.29, 0.717) is 5.56 Å². The topological polar surface area (TPSA) is 71.1 Å². The monoisotopic (exact) mass is 281 g/mol. The number of methoxy groups -OCH3 is 1. The third-order valence-corrected chi connectivity index (χ3v) is 4.12. The van der Waals surface area contributed by atoms with Crippen LogP contribution in [0.1, 0.15) is 11.1 Å². The molecule has 0 bridgehead atoms. The molecule has 19 heavy (non-hydrogen) atoms. The van der Waals surface area contributed by atoms with Crippen LogP contribution in [0.2, 0.25) is 0 Å². The van der Waals surface area contributed by atoms with Gasteiger partial charge in [-0.3, -0.25) is 4.90 Å². The summed E-state index contributed by atoms with van der Waals surface area (Å²) in [5.41, 5.74) is 7.41. The third kappa shape index (κ3) is 3.54. The second-order valence-electron chi connectivity index (χ2n) is 4.40. The first kappa shape index (κ1) is 14.0. The van der Waals surface area contributed by atoms with Crippen molar-refractivity contribution in [1.29, 1.82) is 0 Å². The summed E-state index contributed by atoms with van der Waals surface area (Å²) in [6, 6.07) is 5.58. The van der Waals surface area contributed by atoms with Gasteiger partial charge < -0.3 is 15.7 Å². The number of nitrogens with zero attached hydrogens (tertiary/aromatic N) is 2. The third-order valence-electron chi connectivity index (χ3n) is 3.18. The van der Waals surface area contributed by atoms with Crippen molar-refractivity contribution in [3.63, 3.8) is 0 Å². The molecule has 5 nitrogen and oxygen atoms in total. The average Bonchev–Trinajstić information content (AvgIpc) is 2.47. The summed E-state index contributed by atoms with van der Waals surface area (Å²) in [5.74, 6) is 3.30. The zero-order valence-electron chi connectivity index (χ0n) is 11.0. The molecule has 6 heteroatoms. The lowest BCUT2D eigenvalue weighted by Gasteiger charge is -2.26. The van der Waals surface area contributed by atoms with E-state index < -0.39 is 0 Å². The van der Waals surface area contributed by atoms with Gasteiger partial charge >= 0.3 is 0 Å². The van der Waals surface area contributed by atoms with Crippen LogP contribution >= 0.6 is 11.8 Å². The van der Waals surface area contributed by atoms with E-state index in [1.54, 1.807) is 13.2 Å². The van der Waals surface area contributed by atoms with Crippen molar-refractivity contribution in [3.8, 4) is 5.75 Å². The predicted molar refractivity (Wildman–Crippen MR) is 78.1 cm³/mol. The Labute approximate surface area is 117 Å². The first-order valence-corrected chi connectivity index (χ1v) is 7.35. The smallest absolute Gasteiger partial charge is 0.170 e. The molecular weight excluding hydrogens is 262 g/mol. The first-order chi connectivity index (χ1) is 9.24. The van der Waals surface area contributed by atoms with Gasteiger partial charge in [0, 0.05) is 42.3 Å². The molecule has 1 fully saturated rings. The van der Waals surface area contributed by atoms with Gasteiger partial charge in [-0.2, -0.15) is 11.8 Å². The molecular formula is C13H19N3O2S. The standard InChI is InChI=1S/C13H19N3O2S/c1-18-12-3-2-10(13(14)15-17)8-11(12)9-16-4-6-19-7-5-16/h2-3,8,17H,4-7,9H2,1H3,(H2,14,15). The van der Waals surface area contributed by atoms with E-state index in [4.69, 9.17) is 15.7 Å². The average molecular weight is 281 g/mol. The van der Waals surface area contributed by atoms with E-state index in [-0.39, 0.29) is 5.84 Å². The number of ether oxygens (including phenoxy) is 1. The minimum atomic E-state index is 0.123. The number of nitrogens with two attached hydrogens (primary N) is 1. The Kier molecular flexibility index (Phi) is 4.93. The van der Waals surface area contributed by atoms with Gasteiger partial charge in [0.1, 0.15) is 5.75 Å². The molecule has 1 aliphatic heterocycles. The van der Waals surface area contributed by atoms with Crippen LogP contribution in [0.15, 0.2) is 23.4 Å². The fraction of sp³-hybridized carbons (Fsp3) is 0.462. The van der Waals surface area contributed by atoms with Gasteiger partial charge in [0.25, 0.3) is 0 Å². The van der Waals surface area contributed by atoms with Crippen LogP contribution in [0.25, 0.3) is 0 Å². The molecule has 1 heterocycles. The van der Waals surface area contributed by atoms with E-state index in [0.717, 1.165) is 30.9 Å². The van der Waals surface area contributed by atoms with Crippen LogP contribution < -0.4 is 10.5 Å². The number of oxime groups is 1. The number of rotatable bonds is 4. The largest absolute Gasteiger partial charge is 0.496 e. The highest BCUT2D eigenvalue weighted by atomic mass is 32.2. The quantitative estimate of drug-likeness (QED) is 0.377. The highest BCUT2D eigenvalue weighted by Gasteiger charge is 2.14. The summed E-state index contributed by atoms with van der Waals surface area (Å²) in [6.45, 7) is 3.00. The van der Waals surface area contributed by atoms with E-state index in [2.05, 4.69) is 10.1 Å². The summed E-state index contributed by atoms with van der Waals surface area (Å²) in [5, 5.41) is 11.8. The zero-order chi connectivity index (χ0) is 13.7. The van der Waals surface area contributed by atoms with Crippen molar-refractivity contribution in [2.24, 2.45) is 10.9 Å². The van der Waals surface area contributed by atoms with Crippen molar-refractivity contribution in [1.82, 2.24) is 4.90 Å². The van der Waals surface area contributed by atoms with Crippen molar-refractivity contribution in [2.75, 3.05) is 31.7 Å². The summed E-state index contributed by atoms with van der Waals surface area (Å²) in [6.07, 6.45) is 0. The molecule has 1 aliphatic rings. The number of benzene rings is 1. The molecule has 2 rings (SSSR count). The van der Waals surface area contributed by atoms with Gasteiger partial charge in [-0.15, -0.1) is 0 Å². The minimum Gasteiger partial charge on any atom is -0.496 e. The predicted octanol–water partition coefficient (Wildman–Crippen LogP) is 1.34. The highest BCUT2D eigenvalue weighted by molar-refractivity contribution is 7.99. The minimum absolute atomic E-state index is 0.123. The maximum Gasteiger partial charge on any atom is 0.170 e. The second kappa shape index (κ2) is 6.68. The molecule has 0 amide bonds. The first-order valence-electron chi connectivity index (χ1n) is 6.19. The second-order valence-corrected chi connectivity index (χ2v) is 5.63. The van der Waals surface area contributed by atoms with E-state index in [1.165, 1.54) is 11.5 Å². The van der Waals surface area contributed by atoms with Crippen LogP contribution in [0, 0.1) is 0 Å². The number of hydrogen-bond donors (Lipinski definition) is 2. The highest BCUT2D eigenvalue weighted by Crippen LogP contribution is 2.23. The van der Waals surface area contributed by atoms with Crippen molar-refractivity contribution in [2.45, 2.75) is 6.54 Å². The molecule has 0 aliphatic carbocycles. The molecule has 0 radical (unpaired) electrons. The van der Waals surface area contributed by atoms with Crippen LogP contribution in [0.3, 0.4) is 0 Å². The van der Waals surface area contributed by atoms with Gasteiger partial charge in [0.2, 0.25) is 0 Å². The molecule has 104 valence electrons. The van der Waals surface area contributed by atoms with Crippen LogP contribution in [-0.4, -0.2) is 47.6 Å². The SMILES string of the molecule is COc1ccc(/C(N)=N/O)cc1CN1CCSCC1. The van der Waals surface area contributed by atoms with Gasteiger partial charge in [-0.05, 0) is 18.2 Å². The summed E-state index contributed by atoms with van der Waals surface area (Å²) >= 11 is 1.99. The van der Waals surface area contributed by atoms with Gasteiger partial charge in [0.05, 0.1) is 7.11 Å². The fourth-order valence-electron chi connectivity index (χ4n) is 2.12. The molecule has 0 aromatic heterocycles. The maximum absolute atomic E-state index is 8.75. The molecule has 3 N–H and O–H groups in total. The summed E-state index contributed by atoms with van der Waals surface area (Å²) in [7, 11) is 1.66. The zero-order valence-corrected chi connectivity index (χ0v) is 11.8. The Morgan fingerprint density at radius 1 is 1.47 bits per heavy atom. The van der Waals surface area contributed by atoms with Gasteiger partial charge in [0.15, 0.2) is 5.84 Å². The van der Waals surface area contributed by atoms with E-state index >= 15 is 0 Å². The number of hydrogen-bond acceptors (Lipinski definition) is 5. The van der Waals surface area contributed by atoms with Crippen molar-refractivity contribution in [3.05, 3.63) is 29.3 Å². The summed E-state index contributed by atoms with van der Waals surface area (Å²) in [4.78, 5) is 2.39. The van der Waals surface area contributed by atoms with Crippen LogP contribution in [0.5, 0.6) is 5.75 Å². The lowest BCUT2D eigenvalue weighted by Crippen LogP contribution is -2.32. The molecule has 1 aromatic rings. The van der Waals surface area contributed by atoms with Gasteiger partial charge in [-0.1, -0.05) is 5.16 Å². The van der Waals surface area contributed by atoms with Crippen LogP contribution in [0.4, 0.5) is 0 Å².